The van der Waals surface area contributed by atoms with E-state index in [1.165, 1.54) is 32.1 Å². The fourth-order valence-electron chi connectivity index (χ4n) is 2.32. The largest absolute Gasteiger partial charge is 0.494 e. The molecule has 1 rings (SSSR count). The number of rotatable bonds is 12. The lowest BCUT2D eigenvalue weighted by Gasteiger charge is -2.07. The first-order valence-electron chi connectivity index (χ1n) is 8.25. The molecule has 1 aromatic rings. The number of benzene rings is 1. The number of hydrogen-bond donors (Lipinski definition) is 1. The zero-order valence-electron chi connectivity index (χ0n) is 13.4. The van der Waals surface area contributed by atoms with Gasteiger partial charge in [0.05, 0.1) is 12.7 Å². The van der Waals surface area contributed by atoms with Crippen LogP contribution in [0, 0.1) is 0 Å². The normalized spacial score (nSPS) is 12.1. The van der Waals surface area contributed by atoms with Crippen molar-refractivity contribution in [3.63, 3.8) is 0 Å². The highest BCUT2D eigenvalue weighted by molar-refractivity contribution is 5.48. The summed E-state index contributed by atoms with van der Waals surface area (Å²) in [6.45, 7) is 6.41. The van der Waals surface area contributed by atoms with E-state index in [2.05, 4.69) is 6.58 Å². The minimum absolute atomic E-state index is 0.136. The third-order valence-corrected chi connectivity index (χ3v) is 3.65. The first-order valence-corrected chi connectivity index (χ1v) is 8.25. The molecule has 0 heterocycles. The zero-order chi connectivity index (χ0) is 15.3. The zero-order valence-corrected chi connectivity index (χ0v) is 13.4. The Balaban J connectivity index is 1.91. The van der Waals surface area contributed by atoms with Crippen LogP contribution >= 0.6 is 0 Å². The smallest absolute Gasteiger partial charge is 0.119 e. The minimum atomic E-state index is -0.136. The molecule has 0 spiro atoms. The summed E-state index contributed by atoms with van der Waals surface area (Å²) in [4.78, 5) is 0. The van der Waals surface area contributed by atoms with Gasteiger partial charge < -0.3 is 9.84 Å². The van der Waals surface area contributed by atoms with Gasteiger partial charge in [-0.25, -0.2) is 0 Å². The Kier molecular flexibility index (Phi) is 9.64. The predicted octanol–water partition coefficient (Wildman–Crippen LogP) is 5.21. The van der Waals surface area contributed by atoms with Crippen molar-refractivity contribution >= 4 is 6.08 Å². The van der Waals surface area contributed by atoms with Crippen LogP contribution in [-0.4, -0.2) is 17.8 Å². The Bertz CT molecular complexity index is 368. The Hall–Kier alpha value is -1.28. The first kappa shape index (κ1) is 17.8. The molecule has 0 amide bonds. The molecule has 0 aromatic heterocycles. The van der Waals surface area contributed by atoms with E-state index in [0.29, 0.717) is 0 Å². The topological polar surface area (TPSA) is 29.5 Å². The summed E-state index contributed by atoms with van der Waals surface area (Å²) in [5.74, 6) is 0.943. The first-order chi connectivity index (χ1) is 10.2. The summed E-state index contributed by atoms with van der Waals surface area (Å²) in [6, 6.07) is 8.05. The van der Waals surface area contributed by atoms with Crippen molar-refractivity contribution in [1.29, 1.82) is 0 Å². The van der Waals surface area contributed by atoms with E-state index < -0.39 is 0 Å². The van der Waals surface area contributed by atoms with E-state index in [1.807, 2.05) is 37.3 Å². The van der Waals surface area contributed by atoms with Gasteiger partial charge in [-0.2, -0.15) is 0 Å². The van der Waals surface area contributed by atoms with Crippen LogP contribution in [0.3, 0.4) is 0 Å². The van der Waals surface area contributed by atoms with E-state index in [4.69, 9.17) is 9.84 Å². The molecule has 0 saturated carbocycles. The number of aliphatic hydroxyl groups excluding tert-OH is 1. The van der Waals surface area contributed by atoms with Gasteiger partial charge in [0.1, 0.15) is 5.75 Å². The molecule has 21 heavy (non-hydrogen) atoms. The average molecular weight is 290 g/mol. The summed E-state index contributed by atoms with van der Waals surface area (Å²) in [5, 5.41) is 9.16. The highest BCUT2D eigenvalue weighted by Crippen LogP contribution is 2.14. The fourth-order valence-corrected chi connectivity index (χ4v) is 2.32. The van der Waals surface area contributed by atoms with Gasteiger partial charge in [-0.3, -0.25) is 0 Å². The van der Waals surface area contributed by atoms with E-state index >= 15 is 0 Å². The second-order valence-electron chi connectivity index (χ2n) is 5.73. The maximum Gasteiger partial charge on any atom is 0.119 e. The van der Waals surface area contributed by atoms with Crippen LogP contribution < -0.4 is 4.74 Å². The van der Waals surface area contributed by atoms with Gasteiger partial charge in [-0.15, -0.1) is 0 Å². The predicted molar refractivity (Wildman–Crippen MR) is 90.6 cm³/mol. The van der Waals surface area contributed by atoms with E-state index in [0.717, 1.165) is 37.2 Å². The third kappa shape index (κ3) is 9.30. The summed E-state index contributed by atoms with van der Waals surface area (Å²) in [5.41, 5.74) is 1.12. The number of aliphatic hydroxyl groups is 1. The quantitative estimate of drug-likeness (QED) is 0.535. The van der Waals surface area contributed by atoms with E-state index in [9.17, 15) is 0 Å². The summed E-state index contributed by atoms with van der Waals surface area (Å²) < 4.78 is 5.71. The van der Waals surface area contributed by atoms with Crippen LogP contribution in [0.25, 0.3) is 6.08 Å². The second-order valence-corrected chi connectivity index (χ2v) is 5.73. The van der Waals surface area contributed by atoms with Crippen molar-refractivity contribution < 1.29 is 9.84 Å². The molecule has 1 unspecified atom stereocenters. The maximum absolute atomic E-state index is 9.16. The lowest BCUT2D eigenvalue weighted by Crippen LogP contribution is -1.98. The molecule has 0 radical (unpaired) electrons. The van der Waals surface area contributed by atoms with Gasteiger partial charge >= 0.3 is 0 Å². The Labute approximate surface area is 129 Å². The van der Waals surface area contributed by atoms with Gasteiger partial charge in [0.15, 0.2) is 0 Å². The monoisotopic (exact) mass is 290 g/mol. The SMILES string of the molecule is C=Cc1ccc(OCCCCCCCCCC(C)O)cc1. The average Bonchev–Trinajstić information content (AvgIpc) is 2.49. The number of hydrogen-bond acceptors (Lipinski definition) is 2. The molecule has 2 nitrogen and oxygen atoms in total. The molecule has 0 aliphatic rings. The third-order valence-electron chi connectivity index (χ3n) is 3.65. The number of ether oxygens (including phenoxy) is 1. The second kappa shape index (κ2) is 11.4. The van der Waals surface area contributed by atoms with Crippen LogP contribution in [0.4, 0.5) is 0 Å². The molecule has 0 fully saturated rings. The summed E-state index contributed by atoms with van der Waals surface area (Å²) in [6.07, 6.45) is 11.3. The van der Waals surface area contributed by atoms with Crippen molar-refractivity contribution in [3.05, 3.63) is 36.4 Å². The van der Waals surface area contributed by atoms with Crippen molar-refractivity contribution in [1.82, 2.24) is 0 Å². The minimum Gasteiger partial charge on any atom is -0.494 e. The van der Waals surface area contributed by atoms with Crippen LogP contribution in [-0.2, 0) is 0 Å². The number of unbranched alkanes of at least 4 members (excludes halogenated alkanes) is 6. The summed E-state index contributed by atoms with van der Waals surface area (Å²) in [7, 11) is 0. The van der Waals surface area contributed by atoms with Gasteiger partial charge in [-0.1, -0.05) is 63.3 Å². The molecular formula is C19H30O2. The van der Waals surface area contributed by atoms with Crippen LogP contribution in [0.5, 0.6) is 5.75 Å². The highest BCUT2D eigenvalue weighted by atomic mass is 16.5. The van der Waals surface area contributed by atoms with E-state index in [1.54, 1.807) is 0 Å². The lowest BCUT2D eigenvalue weighted by molar-refractivity contribution is 0.180. The standard InChI is InChI=1S/C19H30O2/c1-3-18-12-14-19(15-13-18)21-16-10-8-6-4-5-7-9-11-17(2)20/h3,12-15,17,20H,1,4-11,16H2,2H3. The van der Waals surface area contributed by atoms with Crippen molar-refractivity contribution in [2.45, 2.75) is 64.4 Å². The summed E-state index contributed by atoms with van der Waals surface area (Å²) >= 11 is 0. The van der Waals surface area contributed by atoms with Crippen molar-refractivity contribution in [3.8, 4) is 5.75 Å². The van der Waals surface area contributed by atoms with Crippen molar-refractivity contribution in [2.24, 2.45) is 0 Å². The Morgan fingerprint density at radius 1 is 1.00 bits per heavy atom. The molecule has 0 saturated heterocycles. The van der Waals surface area contributed by atoms with Crippen LogP contribution in [0.1, 0.15) is 63.9 Å². The fraction of sp³-hybridized carbons (Fsp3) is 0.579. The Morgan fingerprint density at radius 2 is 1.57 bits per heavy atom. The van der Waals surface area contributed by atoms with Crippen molar-refractivity contribution in [2.75, 3.05) is 6.61 Å². The van der Waals surface area contributed by atoms with Gasteiger partial charge in [-0.05, 0) is 37.5 Å². The molecule has 1 atom stereocenters. The lowest BCUT2D eigenvalue weighted by atomic mass is 10.1. The molecule has 1 aromatic carbocycles. The maximum atomic E-state index is 9.16. The highest BCUT2D eigenvalue weighted by Gasteiger charge is 1.97. The molecule has 1 N–H and O–H groups in total. The van der Waals surface area contributed by atoms with Gasteiger partial charge in [0.2, 0.25) is 0 Å². The van der Waals surface area contributed by atoms with E-state index in [-0.39, 0.29) is 6.10 Å². The molecule has 0 aliphatic heterocycles. The Morgan fingerprint density at radius 3 is 2.14 bits per heavy atom. The molecule has 0 bridgehead atoms. The van der Waals surface area contributed by atoms with Crippen LogP contribution in [0.2, 0.25) is 0 Å². The van der Waals surface area contributed by atoms with Gasteiger partial charge in [0, 0.05) is 0 Å². The van der Waals surface area contributed by atoms with Gasteiger partial charge in [0.25, 0.3) is 0 Å². The molecule has 2 heteroatoms. The van der Waals surface area contributed by atoms with Crippen LogP contribution in [0.15, 0.2) is 30.8 Å². The molecular weight excluding hydrogens is 260 g/mol. The molecule has 118 valence electrons. The molecule has 0 aliphatic carbocycles.